The average Bonchev–Trinajstić information content (AvgIpc) is 2.98. The van der Waals surface area contributed by atoms with E-state index in [1.54, 1.807) is 13.1 Å². The molecule has 10 nitrogen and oxygen atoms in total. The van der Waals surface area contributed by atoms with Crippen LogP contribution >= 0.6 is 0 Å². The third kappa shape index (κ3) is 3.19. The lowest BCUT2D eigenvalue weighted by molar-refractivity contribution is 0.219. The van der Waals surface area contributed by atoms with Gasteiger partial charge in [-0.1, -0.05) is 17.7 Å². The molecule has 0 spiro atoms. The summed E-state index contributed by atoms with van der Waals surface area (Å²) in [6, 6.07) is 7.16. The first-order chi connectivity index (χ1) is 13.9. The maximum absolute atomic E-state index is 12.7. The lowest BCUT2D eigenvalue weighted by Gasteiger charge is -2.20. The Morgan fingerprint density at radius 2 is 2.14 bits per heavy atom. The standard InChI is InChI=1S/C19H18N8O2/c1-9-4-5-12-11(6-9)10(2)29-18-16(21)22-8-13(23-18)15-14(7-20)27(3)26-17(15)25-19(28)24-12/h4-6,8,10H,1-3H3,(H2,21,22)(H2,24,25,26,28)/t10-/m1/s1. The van der Waals surface area contributed by atoms with Gasteiger partial charge in [0.25, 0.3) is 5.88 Å². The number of aromatic nitrogens is 4. The molecule has 1 aliphatic heterocycles. The molecule has 29 heavy (non-hydrogen) atoms. The second-order valence-corrected chi connectivity index (χ2v) is 6.68. The number of carbonyl (C=O) groups is 1. The predicted molar refractivity (Wildman–Crippen MR) is 106 cm³/mol. The zero-order valence-electron chi connectivity index (χ0n) is 16.0. The molecule has 3 aromatic rings. The van der Waals surface area contributed by atoms with Crippen LogP contribution < -0.4 is 21.1 Å². The number of ether oxygens (including phenoxy) is 1. The highest BCUT2D eigenvalue weighted by atomic mass is 16.5. The van der Waals surface area contributed by atoms with Crippen LogP contribution in [0.3, 0.4) is 0 Å². The molecule has 2 amide bonds. The Kier molecular flexibility index (Phi) is 4.27. The smallest absolute Gasteiger partial charge is 0.324 e. The first-order valence-corrected chi connectivity index (χ1v) is 8.82. The van der Waals surface area contributed by atoms with E-state index in [1.165, 1.54) is 10.9 Å². The number of nitriles is 1. The number of anilines is 3. The van der Waals surface area contributed by atoms with Crippen molar-refractivity contribution in [2.45, 2.75) is 20.0 Å². The van der Waals surface area contributed by atoms with Crippen molar-refractivity contribution in [3.63, 3.8) is 0 Å². The summed E-state index contributed by atoms with van der Waals surface area (Å²) in [7, 11) is 1.60. The van der Waals surface area contributed by atoms with E-state index in [4.69, 9.17) is 10.5 Å². The maximum Gasteiger partial charge on any atom is 0.324 e. The van der Waals surface area contributed by atoms with Crippen molar-refractivity contribution in [1.82, 2.24) is 19.7 Å². The maximum atomic E-state index is 12.7. The summed E-state index contributed by atoms with van der Waals surface area (Å²) in [6.45, 7) is 3.77. The van der Waals surface area contributed by atoms with Crippen molar-refractivity contribution in [2.75, 3.05) is 16.4 Å². The van der Waals surface area contributed by atoms with Gasteiger partial charge in [0.15, 0.2) is 11.6 Å². The van der Waals surface area contributed by atoms with Gasteiger partial charge in [-0.05, 0) is 19.9 Å². The van der Waals surface area contributed by atoms with E-state index in [1.807, 2.05) is 26.0 Å². The fourth-order valence-electron chi connectivity index (χ4n) is 3.20. The van der Waals surface area contributed by atoms with Gasteiger partial charge in [-0.2, -0.15) is 10.4 Å². The number of carbonyl (C=O) groups excluding carboxylic acids is 1. The average molecular weight is 390 g/mol. The lowest BCUT2D eigenvalue weighted by Crippen LogP contribution is -2.22. The molecule has 4 rings (SSSR count). The molecule has 1 atom stereocenters. The van der Waals surface area contributed by atoms with Crippen LogP contribution in [-0.2, 0) is 7.05 Å². The zero-order chi connectivity index (χ0) is 20.7. The number of nitrogens with two attached hydrogens (primary N) is 1. The van der Waals surface area contributed by atoms with E-state index in [2.05, 4.69) is 31.8 Å². The van der Waals surface area contributed by atoms with Gasteiger partial charge in [0.05, 0.1) is 17.5 Å². The zero-order valence-corrected chi connectivity index (χ0v) is 16.0. The van der Waals surface area contributed by atoms with Gasteiger partial charge in [0.2, 0.25) is 0 Å². The second kappa shape index (κ2) is 6.79. The van der Waals surface area contributed by atoms with Gasteiger partial charge in [0, 0.05) is 18.3 Å². The van der Waals surface area contributed by atoms with E-state index < -0.39 is 12.1 Å². The molecule has 0 aliphatic carbocycles. The van der Waals surface area contributed by atoms with Crippen molar-refractivity contribution >= 4 is 23.4 Å². The molecule has 1 aromatic carbocycles. The quantitative estimate of drug-likeness (QED) is 0.535. The summed E-state index contributed by atoms with van der Waals surface area (Å²) in [5.74, 6) is 0.426. The summed E-state index contributed by atoms with van der Waals surface area (Å²) in [5, 5.41) is 19.3. The number of fused-ring (bicyclic) bond motifs is 5. The van der Waals surface area contributed by atoms with Crippen LogP contribution in [0.2, 0.25) is 0 Å². The SMILES string of the molecule is Cc1ccc2c(c1)[C@@H](C)Oc1nc(cnc1N)-c1c(nn(C)c1C#N)NC(=O)N2. The highest BCUT2D eigenvalue weighted by Crippen LogP contribution is 2.35. The topological polar surface area (TPSA) is 144 Å². The van der Waals surface area contributed by atoms with Crippen molar-refractivity contribution in [2.24, 2.45) is 7.05 Å². The van der Waals surface area contributed by atoms with Gasteiger partial charge >= 0.3 is 6.03 Å². The van der Waals surface area contributed by atoms with E-state index in [9.17, 15) is 10.1 Å². The monoisotopic (exact) mass is 390 g/mol. The third-order valence-electron chi connectivity index (χ3n) is 4.59. The normalized spacial score (nSPS) is 15.4. The molecule has 1 aliphatic rings. The molecular formula is C19H18N8O2. The molecule has 2 aromatic heterocycles. The summed E-state index contributed by atoms with van der Waals surface area (Å²) in [4.78, 5) is 21.3. The molecule has 0 saturated heterocycles. The fourth-order valence-corrected chi connectivity index (χ4v) is 3.20. The molecule has 4 N–H and O–H groups in total. The summed E-state index contributed by atoms with van der Waals surface area (Å²) in [5.41, 5.74) is 9.17. The van der Waals surface area contributed by atoms with Crippen LogP contribution in [0.15, 0.2) is 24.4 Å². The first-order valence-electron chi connectivity index (χ1n) is 8.82. The Balaban J connectivity index is 1.94. The largest absolute Gasteiger partial charge is 0.467 e. The number of rotatable bonds is 0. The van der Waals surface area contributed by atoms with Crippen LogP contribution in [-0.4, -0.2) is 25.8 Å². The molecule has 0 radical (unpaired) electrons. The molecule has 0 unspecified atom stereocenters. The second-order valence-electron chi connectivity index (χ2n) is 6.68. The van der Waals surface area contributed by atoms with Gasteiger partial charge < -0.3 is 15.8 Å². The lowest BCUT2D eigenvalue weighted by atomic mass is 10.0. The Hall–Kier alpha value is -4.13. The number of nitrogens with zero attached hydrogens (tertiary/aromatic N) is 5. The van der Waals surface area contributed by atoms with Gasteiger partial charge in [-0.15, -0.1) is 0 Å². The Bertz CT molecular complexity index is 1180. The van der Waals surface area contributed by atoms with Crippen LogP contribution in [0.5, 0.6) is 5.88 Å². The summed E-state index contributed by atoms with van der Waals surface area (Å²) < 4.78 is 7.35. The fraction of sp³-hybridized carbons (Fsp3) is 0.211. The minimum absolute atomic E-state index is 0.118. The highest BCUT2D eigenvalue weighted by molar-refractivity contribution is 6.02. The van der Waals surface area contributed by atoms with Crippen LogP contribution in [0.4, 0.5) is 22.1 Å². The van der Waals surface area contributed by atoms with E-state index in [0.29, 0.717) is 16.9 Å². The van der Waals surface area contributed by atoms with Gasteiger partial charge in [0.1, 0.15) is 17.9 Å². The summed E-state index contributed by atoms with van der Waals surface area (Å²) >= 11 is 0. The minimum Gasteiger partial charge on any atom is -0.467 e. The van der Waals surface area contributed by atoms with Crippen LogP contribution in [0.1, 0.15) is 29.8 Å². The van der Waals surface area contributed by atoms with Crippen molar-refractivity contribution in [3.8, 4) is 23.2 Å². The number of amides is 2. The molecule has 3 heterocycles. The number of urea groups is 1. The predicted octanol–water partition coefficient (Wildman–Crippen LogP) is 2.74. The molecule has 10 heteroatoms. The van der Waals surface area contributed by atoms with Crippen molar-refractivity contribution in [3.05, 3.63) is 41.2 Å². The number of nitrogens with one attached hydrogen (secondary N) is 2. The number of aryl methyl sites for hydroxylation is 2. The van der Waals surface area contributed by atoms with Crippen LogP contribution in [0, 0.1) is 18.3 Å². The van der Waals surface area contributed by atoms with Gasteiger partial charge in [-0.25, -0.2) is 14.8 Å². The summed E-state index contributed by atoms with van der Waals surface area (Å²) in [6.07, 6.45) is 0.942. The van der Waals surface area contributed by atoms with E-state index in [-0.39, 0.29) is 23.2 Å². The van der Waals surface area contributed by atoms with Crippen molar-refractivity contribution in [1.29, 1.82) is 5.26 Å². The van der Waals surface area contributed by atoms with E-state index in [0.717, 1.165) is 11.1 Å². The Morgan fingerprint density at radius 3 is 2.90 bits per heavy atom. The third-order valence-corrected chi connectivity index (χ3v) is 4.59. The molecule has 2 bridgehead atoms. The minimum atomic E-state index is -0.504. The van der Waals surface area contributed by atoms with Crippen molar-refractivity contribution < 1.29 is 9.53 Å². The Labute approximate surface area is 166 Å². The number of hydrogen-bond donors (Lipinski definition) is 3. The molecule has 146 valence electrons. The highest BCUT2D eigenvalue weighted by Gasteiger charge is 2.25. The molecular weight excluding hydrogens is 372 g/mol. The van der Waals surface area contributed by atoms with E-state index >= 15 is 0 Å². The molecule has 0 fully saturated rings. The van der Waals surface area contributed by atoms with Gasteiger partial charge in [-0.3, -0.25) is 10.00 Å². The van der Waals surface area contributed by atoms with Crippen LogP contribution in [0.25, 0.3) is 11.3 Å². The number of benzene rings is 1. The first kappa shape index (κ1) is 18.2. The Morgan fingerprint density at radius 1 is 1.34 bits per heavy atom. The number of nitrogen functional groups attached to an aromatic ring is 1. The molecule has 0 saturated carbocycles. The number of hydrogen-bond acceptors (Lipinski definition) is 7.